The topological polar surface area (TPSA) is 33.2 Å². The summed E-state index contributed by atoms with van der Waals surface area (Å²) in [5.41, 5.74) is -0.557. The molecule has 2 rings (SSSR count). The zero-order chi connectivity index (χ0) is 11.8. The molecule has 1 saturated heterocycles. The van der Waals surface area contributed by atoms with Crippen LogP contribution in [-0.4, -0.2) is 17.4 Å². The molecule has 3 nitrogen and oxygen atoms in total. The number of amides is 1. The standard InChI is InChI=1S/C10H8F3N2O/c11-10(12,13)8-4-3-7(6-14-8)15-5-1-2-9(15)16/h2-4,6H,1,5H2. The Morgan fingerprint density at radius 3 is 2.50 bits per heavy atom. The van der Waals surface area contributed by atoms with Gasteiger partial charge in [0.15, 0.2) is 0 Å². The van der Waals surface area contributed by atoms with Crippen molar-refractivity contribution in [1.82, 2.24) is 4.98 Å². The highest BCUT2D eigenvalue weighted by molar-refractivity contribution is 6.01. The van der Waals surface area contributed by atoms with E-state index in [-0.39, 0.29) is 5.91 Å². The van der Waals surface area contributed by atoms with Crippen LogP contribution in [0.25, 0.3) is 0 Å². The van der Waals surface area contributed by atoms with Gasteiger partial charge in [0.25, 0.3) is 0 Å². The van der Waals surface area contributed by atoms with Crippen molar-refractivity contribution in [2.45, 2.75) is 12.6 Å². The summed E-state index contributed by atoms with van der Waals surface area (Å²) < 4.78 is 36.7. The lowest BCUT2D eigenvalue weighted by Crippen LogP contribution is -2.24. The maximum absolute atomic E-state index is 12.2. The van der Waals surface area contributed by atoms with Crippen molar-refractivity contribution >= 4 is 11.6 Å². The zero-order valence-corrected chi connectivity index (χ0v) is 8.16. The summed E-state index contributed by atoms with van der Waals surface area (Å²) >= 11 is 0. The number of anilines is 1. The van der Waals surface area contributed by atoms with Crippen LogP contribution in [0.4, 0.5) is 18.9 Å². The van der Waals surface area contributed by atoms with Crippen LogP contribution in [0.1, 0.15) is 12.1 Å². The molecule has 0 saturated carbocycles. The number of pyridine rings is 1. The molecule has 6 heteroatoms. The summed E-state index contributed by atoms with van der Waals surface area (Å²) in [4.78, 5) is 16.0. The quantitative estimate of drug-likeness (QED) is 0.738. The van der Waals surface area contributed by atoms with Gasteiger partial charge in [-0.15, -0.1) is 0 Å². The van der Waals surface area contributed by atoms with Gasteiger partial charge in [-0.25, -0.2) is 4.98 Å². The monoisotopic (exact) mass is 229 g/mol. The zero-order valence-electron chi connectivity index (χ0n) is 8.16. The Bertz CT molecular complexity index is 400. The van der Waals surface area contributed by atoms with E-state index in [2.05, 4.69) is 4.98 Å². The van der Waals surface area contributed by atoms with Crippen LogP contribution in [-0.2, 0) is 11.0 Å². The van der Waals surface area contributed by atoms with E-state index in [1.807, 2.05) is 0 Å². The van der Waals surface area contributed by atoms with E-state index in [4.69, 9.17) is 0 Å². The summed E-state index contributed by atoms with van der Waals surface area (Å²) in [6.07, 6.45) is -1.27. The van der Waals surface area contributed by atoms with Crippen LogP contribution in [0.3, 0.4) is 0 Å². The van der Waals surface area contributed by atoms with Crippen molar-refractivity contribution in [3.63, 3.8) is 0 Å². The molecule has 0 spiro atoms. The Morgan fingerprint density at radius 2 is 2.06 bits per heavy atom. The van der Waals surface area contributed by atoms with Gasteiger partial charge < -0.3 is 4.90 Å². The van der Waals surface area contributed by atoms with E-state index in [1.54, 1.807) is 0 Å². The van der Waals surface area contributed by atoms with E-state index in [0.717, 1.165) is 12.3 Å². The molecule has 0 N–H and O–H groups in total. The second-order valence-corrected chi connectivity index (χ2v) is 3.38. The van der Waals surface area contributed by atoms with Crippen molar-refractivity contribution in [3.05, 3.63) is 30.4 Å². The highest BCUT2D eigenvalue weighted by Gasteiger charge is 2.32. The van der Waals surface area contributed by atoms with E-state index in [9.17, 15) is 18.0 Å². The van der Waals surface area contributed by atoms with Gasteiger partial charge in [0, 0.05) is 6.54 Å². The molecule has 1 aliphatic rings. The van der Waals surface area contributed by atoms with Crippen LogP contribution in [0.15, 0.2) is 18.3 Å². The van der Waals surface area contributed by atoms with Crippen molar-refractivity contribution in [2.24, 2.45) is 0 Å². The van der Waals surface area contributed by atoms with Crippen LogP contribution >= 0.6 is 0 Å². The van der Waals surface area contributed by atoms with E-state index < -0.39 is 11.9 Å². The van der Waals surface area contributed by atoms with E-state index >= 15 is 0 Å². The minimum absolute atomic E-state index is 0.193. The average Bonchev–Trinajstić information content (AvgIpc) is 2.63. The van der Waals surface area contributed by atoms with Crippen LogP contribution in [0.5, 0.6) is 0 Å². The number of halogens is 3. The summed E-state index contributed by atoms with van der Waals surface area (Å²) in [6.45, 7) is 0.492. The average molecular weight is 229 g/mol. The van der Waals surface area contributed by atoms with E-state index in [1.165, 1.54) is 17.4 Å². The first-order chi connectivity index (χ1) is 7.48. The van der Waals surface area contributed by atoms with Crippen molar-refractivity contribution in [2.75, 3.05) is 11.4 Å². The van der Waals surface area contributed by atoms with Gasteiger partial charge in [0.1, 0.15) is 5.69 Å². The highest BCUT2D eigenvalue weighted by Crippen LogP contribution is 2.29. The maximum atomic E-state index is 12.2. The lowest BCUT2D eigenvalue weighted by molar-refractivity contribution is -0.141. The van der Waals surface area contributed by atoms with Gasteiger partial charge in [-0.05, 0) is 18.6 Å². The summed E-state index contributed by atoms with van der Waals surface area (Å²) in [5, 5.41) is 0. The smallest absolute Gasteiger partial charge is 0.311 e. The number of nitrogens with zero attached hydrogens (tertiary/aromatic N) is 2. The van der Waals surface area contributed by atoms with Gasteiger partial charge in [0.2, 0.25) is 5.91 Å². The van der Waals surface area contributed by atoms with Crippen molar-refractivity contribution < 1.29 is 18.0 Å². The number of carbonyl (C=O) groups excluding carboxylic acids is 1. The lowest BCUT2D eigenvalue weighted by Gasteiger charge is -2.15. The molecule has 0 atom stereocenters. The van der Waals surface area contributed by atoms with Gasteiger partial charge in [0.05, 0.1) is 18.3 Å². The highest BCUT2D eigenvalue weighted by atomic mass is 19.4. The fraction of sp³-hybridized carbons (Fsp3) is 0.300. The molecule has 1 aromatic rings. The van der Waals surface area contributed by atoms with Crippen LogP contribution in [0.2, 0.25) is 0 Å². The van der Waals surface area contributed by atoms with E-state index in [0.29, 0.717) is 18.7 Å². The Hall–Kier alpha value is -1.59. The maximum Gasteiger partial charge on any atom is 0.433 e. The summed E-state index contributed by atoms with van der Waals surface area (Å²) in [5.74, 6) is -0.193. The molecule has 0 unspecified atom stereocenters. The normalized spacial score (nSPS) is 16.9. The molecule has 1 aliphatic heterocycles. The Balaban J connectivity index is 2.22. The third-order valence-corrected chi connectivity index (χ3v) is 2.29. The molecule has 1 aromatic heterocycles. The minimum atomic E-state index is -4.44. The molecule has 16 heavy (non-hydrogen) atoms. The van der Waals surface area contributed by atoms with Crippen LogP contribution in [0, 0.1) is 6.42 Å². The summed E-state index contributed by atoms with van der Waals surface area (Å²) in [6, 6.07) is 2.13. The van der Waals surface area contributed by atoms with Gasteiger partial charge in [-0.1, -0.05) is 0 Å². The third kappa shape index (κ3) is 2.00. The first kappa shape index (κ1) is 10.9. The molecule has 2 heterocycles. The van der Waals surface area contributed by atoms with Crippen LogP contribution < -0.4 is 4.90 Å². The Morgan fingerprint density at radius 1 is 1.31 bits per heavy atom. The number of rotatable bonds is 1. The lowest BCUT2D eigenvalue weighted by atomic mass is 10.3. The Kier molecular flexibility index (Phi) is 2.57. The largest absolute Gasteiger partial charge is 0.433 e. The molecular weight excluding hydrogens is 221 g/mol. The molecule has 1 fully saturated rings. The number of carbonyl (C=O) groups is 1. The number of alkyl halides is 3. The summed E-state index contributed by atoms with van der Waals surface area (Å²) in [7, 11) is 0. The first-order valence-corrected chi connectivity index (χ1v) is 4.66. The molecular formula is C10H8F3N2O. The fourth-order valence-corrected chi connectivity index (χ4v) is 1.51. The molecule has 1 amide bonds. The first-order valence-electron chi connectivity index (χ1n) is 4.66. The second kappa shape index (κ2) is 3.77. The molecule has 0 bridgehead atoms. The molecule has 0 aromatic carbocycles. The molecule has 1 radical (unpaired) electrons. The van der Waals surface area contributed by atoms with Gasteiger partial charge in [-0.2, -0.15) is 13.2 Å². The fourth-order valence-electron chi connectivity index (χ4n) is 1.51. The number of aromatic nitrogens is 1. The number of hydrogen-bond acceptors (Lipinski definition) is 2. The predicted octanol–water partition coefficient (Wildman–Crippen LogP) is 2.04. The predicted molar refractivity (Wildman–Crippen MR) is 50.5 cm³/mol. The minimum Gasteiger partial charge on any atom is -0.311 e. The third-order valence-electron chi connectivity index (χ3n) is 2.29. The molecule has 85 valence electrons. The van der Waals surface area contributed by atoms with Gasteiger partial charge >= 0.3 is 6.18 Å². The molecule has 0 aliphatic carbocycles. The van der Waals surface area contributed by atoms with Crippen molar-refractivity contribution in [1.29, 1.82) is 0 Å². The number of hydrogen-bond donors (Lipinski definition) is 0. The van der Waals surface area contributed by atoms with Crippen molar-refractivity contribution in [3.8, 4) is 0 Å². The Labute approximate surface area is 89.9 Å². The second-order valence-electron chi connectivity index (χ2n) is 3.38. The van der Waals surface area contributed by atoms with Gasteiger partial charge in [-0.3, -0.25) is 4.79 Å². The SMILES string of the molecule is O=C1[CH]CCN1c1ccc(C(F)(F)F)nc1.